The molecule has 316 valence electrons. The number of nitrogens with zero attached hydrogens (tertiary/aromatic N) is 5. The third-order valence-corrected chi connectivity index (χ3v) is 13.7. The van der Waals surface area contributed by atoms with Crippen LogP contribution in [0.5, 0.6) is 0 Å². The van der Waals surface area contributed by atoms with Gasteiger partial charge in [0, 0.05) is 49.3 Å². The molecule has 0 fully saturated rings. The molecule has 68 heavy (non-hydrogen) atoms. The lowest BCUT2D eigenvalue weighted by molar-refractivity contribution is 1.08. The Morgan fingerprint density at radius 3 is 1.68 bits per heavy atom. The van der Waals surface area contributed by atoms with Crippen LogP contribution in [0.25, 0.3) is 133 Å². The topological polar surface area (TPSA) is 48.5 Å². The quantitative estimate of drug-likeness (QED) is 0.167. The van der Waals surface area contributed by atoms with E-state index in [0.29, 0.717) is 17.5 Å². The zero-order valence-corrected chi connectivity index (χ0v) is 36.8. The Balaban J connectivity index is 1.06. The first-order valence-corrected chi connectivity index (χ1v) is 23.1. The van der Waals surface area contributed by atoms with E-state index in [0.717, 1.165) is 82.8 Å². The van der Waals surface area contributed by atoms with Crippen LogP contribution in [0.4, 0.5) is 0 Å². The van der Waals surface area contributed by atoms with Gasteiger partial charge in [-0.15, -0.1) is 0 Å². The second-order valence-electron chi connectivity index (χ2n) is 17.6. The summed E-state index contributed by atoms with van der Waals surface area (Å²) in [6.07, 6.45) is 0. The zero-order valence-electron chi connectivity index (χ0n) is 36.8. The Labute approximate surface area is 391 Å². The molecule has 0 unspecified atom stereocenters. The molecular weight excluding hydrogens is 827 g/mol. The Morgan fingerprint density at radius 2 is 0.882 bits per heavy atom. The molecule has 5 heteroatoms. The molecule has 0 radical (unpaired) electrons. The minimum absolute atomic E-state index is 0.612. The van der Waals surface area contributed by atoms with Crippen molar-refractivity contribution in [2.75, 3.05) is 0 Å². The van der Waals surface area contributed by atoms with Crippen molar-refractivity contribution in [2.45, 2.75) is 0 Å². The second kappa shape index (κ2) is 15.2. The molecule has 0 aliphatic heterocycles. The highest BCUT2D eigenvalue weighted by Gasteiger charge is 2.23. The lowest BCUT2D eigenvalue weighted by Crippen LogP contribution is -2.02. The molecule has 0 saturated carbocycles. The summed E-state index contributed by atoms with van der Waals surface area (Å²) in [6.45, 7) is 0. The van der Waals surface area contributed by atoms with E-state index in [-0.39, 0.29) is 0 Å². The highest BCUT2D eigenvalue weighted by Crippen LogP contribution is 2.44. The van der Waals surface area contributed by atoms with Gasteiger partial charge in [-0.25, -0.2) is 15.0 Å². The largest absolute Gasteiger partial charge is 0.309 e. The third kappa shape index (κ3) is 5.93. The maximum Gasteiger partial charge on any atom is 0.164 e. The van der Waals surface area contributed by atoms with E-state index in [2.05, 4.69) is 228 Å². The average molecular weight is 866 g/mol. The van der Waals surface area contributed by atoms with Gasteiger partial charge in [0.2, 0.25) is 0 Å². The Morgan fingerprint density at radius 1 is 0.265 bits per heavy atom. The van der Waals surface area contributed by atoms with Crippen LogP contribution in [0.3, 0.4) is 0 Å². The average Bonchev–Trinajstić information content (AvgIpc) is 3.93. The molecule has 0 saturated heterocycles. The van der Waals surface area contributed by atoms with Gasteiger partial charge < -0.3 is 9.13 Å². The van der Waals surface area contributed by atoms with Gasteiger partial charge in [-0.2, -0.15) is 0 Å². The lowest BCUT2D eigenvalue weighted by Gasteiger charge is -2.17. The van der Waals surface area contributed by atoms with Crippen LogP contribution in [-0.4, -0.2) is 24.1 Å². The molecule has 14 rings (SSSR count). The molecule has 0 bridgehead atoms. The summed E-state index contributed by atoms with van der Waals surface area (Å²) in [7, 11) is 0. The minimum Gasteiger partial charge on any atom is -0.309 e. The Hall–Kier alpha value is -9.19. The summed E-state index contributed by atoms with van der Waals surface area (Å²) in [6, 6.07) is 84.6. The summed E-state index contributed by atoms with van der Waals surface area (Å²) in [5, 5.41) is 11.7. The van der Waals surface area contributed by atoms with Crippen LogP contribution in [0.2, 0.25) is 0 Å². The number of hydrogen-bond donors (Lipinski definition) is 0. The van der Waals surface area contributed by atoms with Crippen molar-refractivity contribution >= 4 is 75.9 Å². The van der Waals surface area contributed by atoms with Gasteiger partial charge in [0.15, 0.2) is 17.5 Å². The van der Waals surface area contributed by atoms with E-state index in [1.807, 2.05) is 18.2 Å². The smallest absolute Gasteiger partial charge is 0.164 e. The molecule has 3 heterocycles. The molecule has 0 aliphatic carbocycles. The van der Waals surface area contributed by atoms with E-state index in [9.17, 15) is 0 Å². The van der Waals surface area contributed by atoms with Crippen molar-refractivity contribution in [3.63, 3.8) is 0 Å². The van der Waals surface area contributed by atoms with Gasteiger partial charge in [-0.3, -0.25) is 0 Å². The highest BCUT2D eigenvalue weighted by molar-refractivity contribution is 6.24. The summed E-state index contributed by atoms with van der Waals surface area (Å²) in [4.78, 5) is 16.2. The molecule has 0 aliphatic rings. The SMILES string of the molecule is c1ccc(-c2ccc3c(-c4nc(-c5ccccc5)nc(-c5cccc6c5c5ccccc5n6-c5ccccc5)n4)ccc(-n4c5cc6ccccc6cc5c5c6ccccc6ccc54)c3c2)cc1. The van der Waals surface area contributed by atoms with Crippen LogP contribution >= 0.6 is 0 Å². The molecule has 0 spiro atoms. The summed E-state index contributed by atoms with van der Waals surface area (Å²) < 4.78 is 4.81. The van der Waals surface area contributed by atoms with Crippen molar-refractivity contribution < 1.29 is 0 Å². The zero-order chi connectivity index (χ0) is 44.7. The van der Waals surface area contributed by atoms with Crippen molar-refractivity contribution in [2.24, 2.45) is 0 Å². The number of benzene rings is 11. The van der Waals surface area contributed by atoms with Gasteiger partial charge >= 0.3 is 0 Å². The van der Waals surface area contributed by atoms with Crippen molar-refractivity contribution in [1.29, 1.82) is 0 Å². The fourth-order valence-corrected chi connectivity index (χ4v) is 10.7. The Kier molecular flexibility index (Phi) is 8.52. The standard InChI is InChI=1S/C63H39N5/c1-4-17-40(18-5-1)45-31-33-48-49(34-36-55(52(48)37-45)68-57-35-32-41-19-12-13-26-47(41)59(57)53-38-43-22-10-11-23-44(43)39-58(53)68)62-64-61(42-20-6-2-7-21-42)65-63(66-62)51-28-16-30-56-60(51)50-27-14-15-29-54(50)67(56)46-24-8-3-9-25-46/h1-39H. The first kappa shape index (κ1) is 38.1. The lowest BCUT2D eigenvalue weighted by atomic mass is 9.96. The molecule has 14 aromatic rings. The van der Waals surface area contributed by atoms with Crippen molar-refractivity contribution in [3.8, 4) is 56.7 Å². The van der Waals surface area contributed by atoms with E-state index in [4.69, 9.17) is 15.0 Å². The fourth-order valence-electron chi connectivity index (χ4n) is 10.7. The monoisotopic (exact) mass is 865 g/mol. The molecular formula is C63H39N5. The van der Waals surface area contributed by atoms with E-state index < -0.39 is 0 Å². The van der Waals surface area contributed by atoms with Crippen LogP contribution in [0.15, 0.2) is 237 Å². The maximum absolute atomic E-state index is 5.49. The van der Waals surface area contributed by atoms with Gasteiger partial charge in [-0.05, 0) is 98.7 Å². The fraction of sp³-hybridized carbons (Fsp3) is 0. The van der Waals surface area contributed by atoms with Crippen LogP contribution in [-0.2, 0) is 0 Å². The van der Waals surface area contributed by atoms with Gasteiger partial charge in [0.1, 0.15) is 0 Å². The molecule has 0 amide bonds. The number of rotatable bonds is 6. The predicted octanol–water partition coefficient (Wildman–Crippen LogP) is 16.2. The number of hydrogen-bond acceptors (Lipinski definition) is 3. The first-order valence-electron chi connectivity index (χ1n) is 23.1. The van der Waals surface area contributed by atoms with Crippen molar-refractivity contribution in [3.05, 3.63) is 237 Å². The predicted molar refractivity (Wildman–Crippen MR) is 283 cm³/mol. The minimum atomic E-state index is 0.612. The van der Waals surface area contributed by atoms with E-state index in [1.165, 1.54) is 32.3 Å². The van der Waals surface area contributed by atoms with Gasteiger partial charge in [-0.1, -0.05) is 176 Å². The molecule has 0 atom stereocenters. The van der Waals surface area contributed by atoms with Crippen LogP contribution < -0.4 is 0 Å². The van der Waals surface area contributed by atoms with Gasteiger partial charge in [0.05, 0.1) is 27.8 Å². The molecule has 11 aromatic carbocycles. The highest BCUT2D eigenvalue weighted by atomic mass is 15.0. The summed E-state index contributed by atoms with van der Waals surface area (Å²) in [5.41, 5.74) is 11.8. The van der Waals surface area contributed by atoms with Crippen LogP contribution in [0.1, 0.15) is 0 Å². The number of aromatic nitrogens is 5. The van der Waals surface area contributed by atoms with Gasteiger partial charge in [0.25, 0.3) is 0 Å². The third-order valence-electron chi connectivity index (χ3n) is 13.7. The maximum atomic E-state index is 5.49. The summed E-state index contributed by atoms with van der Waals surface area (Å²) in [5.74, 6) is 1.85. The number of fused-ring (bicyclic) bond motifs is 10. The normalized spacial score (nSPS) is 11.8. The first-order chi connectivity index (χ1) is 33.7. The van der Waals surface area contributed by atoms with E-state index >= 15 is 0 Å². The number of para-hydroxylation sites is 2. The Bertz CT molecular complexity index is 4300. The second-order valence-corrected chi connectivity index (χ2v) is 17.6. The molecule has 3 aromatic heterocycles. The van der Waals surface area contributed by atoms with Crippen molar-refractivity contribution in [1.82, 2.24) is 24.1 Å². The van der Waals surface area contributed by atoms with Crippen LogP contribution in [0, 0.1) is 0 Å². The molecule has 5 nitrogen and oxygen atoms in total. The summed E-state index contributed by atoms with van der Waals surface area (Å²) >= 11 is 0. The van der Waals surface area contributed by atoms with E-state index in [1.54, 1.807) is 0 Å². The molecule has 0 N–H and O–H groups in total.